The summed E-state index contributed by atoms with van der Waals surface area (Å²) >= 11 is 0. The molecule has 2 aliphatic rings. The lowest BCUT2D eigenvalue weighted by atomic mass is 9.77. The number of aliphatic carboxylic acids is 1. The summed E-state index contributed by atoms with van der Waals surface area (Å²) in [5, 5.41) is 9.55. The number of benzene rings is 1. The van der Waals surface area contributed by atoms with Crippen LogP contribution in [0.5, 0.6) is 0 Å². The highest BCUT2D eigenvalue weighted by atomic mass is 16.4. The highest BCUT2D eigenvalue weighted by Gasteiger charge is 2.55. The van der Waals surface area contributed by atoms with Gasteiger partial charge in [0, 0.05) is 33.1 Å². The third-order valence-corrected chi connectivity index (χ3v) is 6.12. The fourth-order valence-corrected chi connectivity index (χ4v) is 4.41. The zero-order valence-electron chi connectivity index (χ0n) is 14.7. The number of aryl methyl sites for hydroxylation is 2. The molecule has 2 heterocycles. The fourth-order valence-electron chi connectivity index (χ4n) is 4.41. The minimum Gasteiger partial charge on any atom is -0.481 e. The lowest BCUT2D eigenvalue weighted by molar-refractivity contribution is -0.146. The van der Waals surface area contributed by atoms with Crippen molar-refractivity contribution in [3.05, 3.63) is 34.9 Å². The Bertz CT molecular complexity index is 642. The van der Waals surface area contributed by atoms with Gasteiger partial charge in [0.2, 0.25) is 5.91 Å². The van der Waals surface area contributed by atoms with Gasteiger partial charge in [-0.15, -0.1) is 0 Å². The van der Waals surface area contributed by atoms with Gasteiger partial charge in [-0.2, -0.15) is 0 Å². The van der Waals surface area contributed by atoms with Gasteiger partial charge in [0.05, 0.1) is 11.5 Å². The molecule has 130 valence electrons. The van der Waals surface area contributed by atoms with Gasteiger partial charge in [0.15, 0.2) is 0 Å². The number of nitrogens with zero attached hydrogens (tertiary/aromatic N) is 2. The van der Waals surface area contributed by atoms with E-state index in [1.807, 2.05) is 0 Å². The van der Waals surface area contributed by atoms with E-state index in [0.29, 0.717) is 0 Å². The molecule has 0 aliphatic carbocycles. The largest absolute Gasteiger partial charge is 0.481 e. The van der Waals surface area contributed by atoms with Crippen LogP contribution in [0.2, 0.25) is 0 Å². The van der Waals surface area contributed by atoms with Crippen LogP contribution in [0.1, 0.15) is 36.0 Å². The number of carboxylic acid groups (broad SMARTS) is 1. The van der Waals surface area contributed by atoms with Crippen LogP contribution in [-0.4, -0.2) is 52.5 Å². The van der Waals surface area contributed by atoms with E-state index in [0.717, 1.165) is 32.5 Å². The lowest BCUT2D eigenvalue weighted by Crippen LogP contribution is -2.56. The van der Waals surface area contributed by atoms with Crippen molar-refractivity contribution in [2.24, 2.45) is 5.92 Å². The first-order valence-corrected chi connectivity index (χ1v) is 8.62. The quantitative estimate of drug-likeness (QED) is 0.923. The molecule has 0 bridgehead atoms. The number of piperidine rings is 1. The maximum Gasteiger partial charge on any atom is 0.309 e. The van der Waals surface area contributed by atoms with Crippen LogP contribution in [0, 0.1) is 19.8 Å². The molecule has 5 heteroatoms. The van der Waals surface area contributed by atoms with Gasteiger partial charge in [-0.3, -0.25) is 14.5 Å². The van der Waals surface area contributed by atoms with E-state index in [-0.39, 0.29) is 12.3 Å². The van der Waals surface area contributed by atoms with Gasteiger partial charge in [0.1, 0.15) is 0 Å². The third kappa shape index (κ3) is 2.71. The average Bonchev–Trinajstić information content (AvgIpc) is 2.78. The van der Waals surface area contributed by atoms with E-state index in [4.69, 9.17) is 0 Å². The number of carboxylic acids is 1. The molecule has 0 saturated carbocycles. The number of carbonyl (C=O) groups excluding carboxylic acids is 1. The van der Waals surface area contributed by atoms with Crippen LogP contribution in [0.4, 0.5) is 0 Å². The summed E-state index contributed by atoms with van der Waals surface area (Å²) in [5.74, 6) is -1.45. The van der Waals surface area contributed by atoms with Crippen LogP contribution >= 0.6 is 0 Å². The number of hydrogen-bond acceptors (Lipinski definition) is 3. The second-order valence-corrected chi connectivity index (χ2v) is 7.30. The molecule has 1 N–H and O–H groups in total. The summed E-state index contributed by atoms with van der Waals surface area (Å²) in [6.07, 6.45) is 1.61. The topological polar surface area (TPSA) is 60.9 Å². The van der Waals surface area contributed by atoms with Crippen molar-refractivity contribution in [2.45, 2.75) is 45.2 Å². The molecule has 0 unspecified atom stereocenters. The van der Waals surface area contributed by atoms with Crippen molar-refractivity contribution < 1.29 is 14.7 Å². The third-order valence-electron chi connectivity index (χ3n) is 6.12. The van der Waals surface area contributed by atoms with E-state index in [9.17, 15) is 14.7 Å². The normalized spacial score (nSPS) is 23.9. The number of amides is 1. The first-order chi connectivity index (χ1) is 11.3. The smallest absolute Gasteiger partial charge is 0.309 e. The minimum atomic E-state index is -0.837. The van der Waals surface area contributed by atoms with Crippen LogP contribution in [0.25, 0.3) is 0 Å². The molecule has 1 aromatic rings. The Kier molecular flexibility index (Phi) is 4.38. The average molecular weight is 330 g/mol. The molecule has 24 heavy (non-hydrogen) atoms. The summed E-state index contributed by atoms with van der Waals surface area (Å²) in [6.45, 7) is 6.82. The fraction of sp³-hybridized carbons (Fsp3) is 0.579. The van der Waals surface area contributed by atoms with E-state index in [1.165, 1.54) is 16.7 Å². The van der Waals surface area contributed by atoms with Crippen LogP contribution in [0.3, 0.4) is 0 Å². The van der Waals surface area contributed by atoms with Crippen molar-refractivity contribution in [2.75, 3.05) is 20.1 Å². The van der Waals surface area contributed by atoms with E-state index in [2.05, 4.69) is 36.9 Å². The van der Waals surface area contributed by atoms with Crippen LogP contribution in [0.15, 0.2) is 18.2 Å². The molecule has 2 aliphatic heterocycles. The molecule has 3 rings (SSSR count). The van der Waals surface area contributed by atoms with Gasteiger partial charge >= 0.3 is 5.97 Å². The van der Waals surface area contributed by atoms with Gasteiger partial charge < -0.3 is 10.0 Å². The van der Waals surface area contributed by atoms with E-state index in [1.54, 1.807) is 11.9 Å². The Labute approximate surface area is 143 Å². The summed E-state index contributed by atoms with van der Waals surface area (Å²) in [5.41, 5.74) is 3.46. The molecule has 1 atom stereocenters. The first kappa shape index (κ1) is 17.0. The monoisotopic (exact) mass is 330 g/mol. The van der Waals surface area contributed by atoms with Gasteiger partial charge in [-0.1, -0.05) is 18.2 Å². The predicted octanol–water partition coefficient (Wildman–Crippen LogP) is 2.20. The molecule has 0 aromatic heterocycles. The molecule has 1 spiro atoms. The summed E-state index contributed by atoms with van der Waals surface area (Å²) in [7, 11) is 1.77. The highest BCUT2D eigenvalue weighted by Crippen LogP contribution is 2.43. The molecular formula is C19H26N2O3. The zero-order chi connectivity index (χ0) is 17.5. The van der Waals surface area contributed by atoms with Crippen molar-refractivity contribution in [3.8, 4) is 0 Å². The minimum absolute atomic E-state index is 0.0365. The zero-order valence-corrected chi connectivity index (χ0v) is 14.7. The predicted molar refractivity (Wildman–Crippen MR) is 91.7 cm³/mol. The maximum absolute atomic E-state index is 12.1. The van der Waals surface area contributed by atoms with Crippen molar-refractivity contribution >= 4 is 11.9 Å². The SMILES string of the molecule is Cc1cccc(C)c1CN1CCC2(CC1)[C@@H](C(=O)O)CC(=O)N2C. The number of hydrogen-bond donors (Lipinski definition) is 1. The standard InChI is InChI=1S/C19H26N2O3/c1-13-5-4-6-14(2)15(13)12-21-9-7-19(8-10-21)16(18(23)24)11-17(22)20(19)3/h4-6,16H,7-12H2,1-3H3,(H,23,24)/t16-/m1/s1. The Morgan fingerprint density at radius 2 is 1.83 bits per heavy atom. The Balaban J connectivity index is 1.73. The first-order valence-electron chi connectivity index (χ1n) is 8.62. The Morgan fingerprint density at radius 1 is 1.25 bits per heavy atom. The number of carbonyl (C=O) groups is 2. The van der Waals surface area contributed by atoms with Crippen molar-refractivity contribution in [1.82, 2.24) is 9.80 Å². The molecule has 2 fully saturated rings. The van der Waals surface area contributed by atoms with Gasteiger partial charge in [-0.25, -0.2) is 0 Å². The Hall–Kier alpha value is -1.88. The van der Waals surface area contributed by atoms with Crippen molar-refractivity contribution in [1.29, 1.82) is 0 Å². The molecule has 1 aromatic carbocycles. The molecular weight excluding hydrogens is 304 g/mol. The highest BCUT2D eigenvalue weighted by molar-refractivity contribution is 5.88. The van der Waals surface area contributed by atoms with Crippen LogP contribution < -0.4 is 0 Å². The number of likely N-dealkylation sites (tertiary alicyclic amines) is 2. The molecule has 0 radical (unpaired) electrons. The van der Waals surface area contributed by atoms with Gasteiger partial charge in [-0.05, 0) is 43.4 Å². The molecule has 1 amide bonds. The maximum atomic E-state index is 12.1. The second kappa shape index (κ2) is 6.20. The van der Waals surface area contributed by atoms with E-state index < -0.39 is 17.4 Å². The summed E-state index contributed by atoms with van der Waals surface area (Å²) in [6, 6.07) is 6.35. The molecule has 5 nitrogen and oxygen atoms in total. The van der Waals surface area contributed by atoms with Crippen molar-refractivity contribution in [3.63, 3.8) is 0 Å². The Morgan fingerprint density at radius 3 is 2.38 bits per heavy atom. The van der Waals surface area contributed by atoms with Crippen LogP contribution in [-0.2, 0) is 16.1 Å². The van der Waals surface area contributed by atoms with Gasteiger partial charge in [0.25, 0.3) is 0 Å². The summed E-state index contributed by atoms with van der Waals surface area (Å²) < 4.78 is 0. The summed E-state index contributed by atoms with van der Waals surface area (Å²) in [4.78, 5) is 27.8. The lowest BCUT2D eigenvalue weighted by Gasteiger charge is -2.45. The molecule has 2 saturated heterocycles. The van der Waals surface area contributed by atoms with E-state index >= 15 is 0 Å². The second-order valence-electron chi connectivity index (χ2n) is 7.30. The number of rotatable bonds is 3.